The number of nitrogens with one attached hydrogen (secondary N) is 2. The Balaban J connectivity index is 1.69. The standard InChI is InChI=1S/C22H23N3O3S/c1-17-9-6-7-14-21(17)24-22(26)16-23-18-10-8-13-20(15-18)29(27,28)25(2)19-11-4-3-5-12-19/h3-15,23H,16H2,1-2H3,(H,24,26). The smallest absolute Gasteiger partial charge is 0.264 e. The molecule has 0 bridgehead atoms. The lowest BCUT2D eigenvalue weighted by atomic mass is 10.2. The first-order valence-corrected chi connectivity index (χ1v) is 10.6. The van der Waals surface area contributed by atoms with E-state index in [1.165, 1.54) is 23.5 Å². The van der Waals surface area contributed by atoms with Gasteiger partial charge in [0.25, 0.3) is 10.0 Å². The highest BCUT2D eigenvalue weighted by molar-refractivity contribution is 7.92. The predicted molar refractivity (Wildman–Crippen MR) is 117 cm³/mol. The molecule has 1 amide bonds. The van der Waals surface area contributed by atoms with Gasteiger partial charge < -0.3 is 10.6 Å². The number of carbonyl (C=O) groups excluding carboxylic acids is 1. The summed E-state index contributed by atoms with van der Waals surface area (Å²) >= 11 is 0. The summed E-state index contributed by atoms with van der Waals surface area (Å²) in [5.74, 6) is -0.214. The van der Waals surface area contributed by atoms with Gasteiger partial charge in [-0.1, -0.05) is 42.5 Å². The Kier molecular flexibility index (Phi) is 6.19. The van der Waals surface area contributed by atoms with E-state index in [9.17, 15) is 13.2 Å². The molecule has 0 saturated heterocycles. The van der Waals surface area contributed by atoms with Crippen molar-refractivity contribution in [3.63, 3.8) is 0 Å². The van der Waals surface area contributed by atoms with Crippen molar-refractivity contribution in [2.75, 3.05) is 28.5 Å². The molecule has 0 spiro atoms. The number of hydrogen-bond acceptors (Lipinski definition) is 4. The molecule has 6 nitrogen and oxygen atoms in total. The number of carbonyl (C=O) groups is 1. The quantitative estimate of drug-likeness (QED) is 0.621. The number of nitrogens with zero attached hydrogens (tertiary/aromatic N) is 1. The normalized spacial score (nSPS) is 11.0. The molecule has 0 atom stereocenters. The zero-order chi connectivity index (χ0) is 20.9. The van der Waals surface area contributed by atoms with Crippen LogP contribution in [0.2, 0.25) is 0 Å². The predicted octanol–water partition coefficient (Wildman–Crippen LogP) is 3.87. The van der Waals surface area contributed by atoms with Gasteiger partial charge in [-0.3, -0.25) is 9.10 Å². The van der Waals surface area contributed by atoms with Gasteiger partial charge in [0.2, 0.25) is 5.91 Å². The average molecular weight is 410 g/mol. The lowest BCUT2D eigenvalue weighted by molar-refractivity contribution is -0.114. The van der Waals surface area contributed by atoms with Crippen molar-refractivity contribution in [1.29, 1.82) is 0 Å². The number of anilines is 3. The highest BCUT2D eigenvalue weighted by Crippen LogP contribution is 2.23. The number of benzene rings is 3. The van der Waals surface area contributed by atoms with Crippen LogP contribution in [0.5, 0.6) is 0 Å². The summed E-state index contributed by atoms with van der Waals surface area (Å²) in [4.78, 5) is 12.4. The summed E-state index contributed by atoms with van der Waals surface area (Å²) in [7, 11) is -2.20. The fourth-order valence-electron chi connectivity index (χ4n) is 2.79. The summed E-state index contributed by atoms with van der Waals surface area (Å²) in [6.45, 7) is 1.94. The van der Waals surface area contributed by atoms with Gasteiger partial charge >= 0.3 is 0 Å². The molecule has 3 rings (SSSR count). The molecule has 0 aliphatic rings. The highest BCUT2D eigenvalue weighted by Gasteiger charge is 2.21. The molecule has 0 fully saturated rings. The van der Waals surface area contributed by atoms with Gasteiger partial charge in [0.1, 0.15) is 0 Å². The Hall–Kier alpha value is -3.32. The van der Waals surface area contributed by atoms with Crippen molar-refractivity contribution < 1.29 is 13.2 Å². The molecule has 3 aromatic carbocycles. The van der Waals surface area contributed by atoms with Gasteiger partial charge in [-0.25, -0.2) is 8.42 Å². The second kappa shape index (κ2) is 8.79. The maximum atomic E-state index is 12.9. The Labute approximate surface area is 171 Å². The topological polar surface area (TPSA) is 78.5 Å². The minimum Gasteiger partial charge on any atom is -0.376 e. The third-order valence-electron chi connectivity index (χ3n) is 4.48. The Morgan fingerprint density at radius 2 is 1.62 bits per heavy atom. The van der Waals surface area contributed by atoms with Crippen LogP contribution in [0.1, 0.15) is 5.56 Å². The van der Waals surface area contributed by atoms with Crippen molar-refractivity contribution in [2.24, 2.45) is 0 Å². The minimum atomic E-state index is -3.71. The Morgan fingerprint density at radius 1 is 0.931 bits per heavy atom. The van der Waals surface area contributed by atoms with Crippen LogP contribution in [-0.4, -0.2) is 27.9 Å². The monoisotopic (exact) mass is 409 g/mol. The van der Waals surface area contributed by atoms with Gasteiger partial charge in [0, 0.05) is 18.4 Å². The molecular formula is C22H23N3O3S. The molecule has 150 valence electrons. The van der Waals surface area contributed by atoms with Crippen molar-refractivity contribution >= 4 is 33.0 Å². The lowest BCUT2D eigenvalue weighted by Crippen LogP contribution is -2.26. The summed E-state index contributed by atoms with van der Waals surface area (Å²) in [5.41, 5.74) is 2.84. The van der Waals surface area contributed by atoms with E-state index < -0.39 is 10.0 Å². The minimum absolute atomic E-state index is 0.0202. The molecular weight excluding hydrogens is 386 g/mol. The van der Waals surface area contributed by atoms with E-state index in [2.05, 4.69) is 10.6 Å². The van der Waals surface area contributed by atoms with Crippen LogP contribution in [0.15, 0.2) is 83.8 Å². The van der Waals surface area contributed by atoms with Crippen LogP contribution in [-0.2, 0) is 14.8 Å². The van der Waals surface area contributed by atoms with Crippen molar-refractivity contribution in [1.82, 2.24) is 0 Å². The first-order chi connectivity index (χ1) is 13.9. The first kappa shape index (κ1) is 20.4. The summed E-state index contributed by atoms with van der Waals surface area (Å²) in [6, 6.07) is 22.8. The van der Waals surface area contributed by atoms with E-state index in [-0.39, 0.29) is 17.3 Å². The number of hydrogen-bond donors (Lipinski definition) is 2. The molecule has 7 heteroatoms. The third-order valence-corrected chi connectivity index (χ3v) is 6.27. The van der Waals surface area contributed by atoms with Crippen molar-refractivity contribution in [3.05, 3.63) is 84.4 Å². The highest BCUT2D eigenvalue weighted by atomic mass is 32.2. The fourth-order valence-corrected chi connectivity index (χ4v) is 4.03. The molecule has 29 heavy (non-hydrogen) atoms. The van der Waals surface area contributed by atoms with E-state index in [1.54, 1.807) is 36.4 Å². The van der Waals surface area contributed by atoms with Gasteiger partial charge in [-0.05, 0) is 48.9 Å². The van der Waals surface area contributed by atoms with Crippen molar-refractivity contribution in [3.8, 4) is 0 Å². The third kappa shape index (κ3) is 4.94. The van der Waals surface area contributed by atoms with Crippen LogP contribution in [0, 0.1) is 6.92 Å². The maximum absolute atomic E-state index is 12.9. The molecule has 3 aromatic rings. The number of para-hydroxylation sites is 2. The summed E-state index contributed by atoms with van der Waals surface area (Å²) in [5, 5.41) is 5.82. The fraction of sp³-hybridized carbons (Fsp3) is 0.136. The Bertz CT molecular complexity index is 1100. The molecule has 0 radical (unpaired) electrons. The van der Waals surface area contributed by atoms with Gasteiger partial charge in [-0.2, -0.15) is 0 Å². The summed E-state index contributed by atoms with van der Waals surface area (Å²) in [6.07, 6.45) is 0. The number of aryl methyl sites for hydroxylation is 1. The number of sulfonamides is 1. The Morgan fingerprint density at radius 3 is 2.34 bits per heavy atom. The van der Waals surface area contributed by atoms with E-state index in [1.807, 2.05) is 37.3 Å². The van der Waals surface area contributed by atoms with E-state index in [0.29, 0.717) is 11.4 Å². The van der Waals surface area contributed by atoms with E-state index >= 15 is 0 Å². The van der Waals surface area contributed by atoms with Crippen LogP contribution < -0.4 is 14.9 Å². The zero-order valence-corrected chi connectivity index (χ0v) is 17.1. The first-order valence-electron chi connectivity index (χ1n) is 9.11. The average Bonchev–Trinajstić information content (AvgIpc) is 2.74. The van der Waals surface area contributed by atoms with Crippen LogP contribution >= 0.6 is 0 Å². The van der Waals surface area contributed by atoms with Crippen LogP contribution in [0.4, 0.5) is 17.1 Å². The van der Waals surface area contributed by atoms with Gasteiger partial charge in [0.05, 0.1) is 17.1 Å². The number of rotatable bonds is 7. The van der Waals surface area contributed by atoms with Gasteiger partial charge in [0.15, 0.2) is 0 Å². The van der Waals surface area contributed by atoms with E-state index in [4.69, 9.17) is 0 Å². The molecule has 0 heterocycles. The van der Waals surface area contributed by atoms with Gasteiger partial charge in [-0.15, -0.1) is 0 Å². The largest absolute Gasteiger partial charge is 0.376 e. The van der Waals surface area contributed by atoms with E-state index in [0.717, 1.165) is 11.3 Å². The maximum Gasteiger partial charge on any atom is 0.264 e. The van der Waals surface area contributed by atoms with Crippen LogP contribution in [0.3, 0.4) is 0 Å². The number of amides is 1. The molecule has 2 N–H and O–H groups in total. The molecule has 0 aliphatic heterocycles. The molecule has 0 unspecified atom stereocenters. The molecule has 0 aliphatic carbocycles. The lowest BCUT2D eigenvalue weighted by Gasteiger charge is -2.20. The summed E-state index contributed by atoms with van der Waals surface area (Å²) < 4.78 is 27.1. The van der Waals surface area contributed by atoms with Crippen molar-refractivity contribution in [2.45, 2.75) is 11.8 Å². The molecule has 0 aromatic heterocycles. The second-order valence-electron chi connectivity index (χ2n) is 6.55. The zero-order valence-electron chi connectivity index (χ0n) is 16.3. The molecule has 0 saturated carbocycles. The SMILES string of the molecule is Cc1ccccc1NC(=O)CNc1cccc(S(=O)(=O)N(C)c2ccccc2)c1. The second-order valence-corrected chi connectivity index (χ2v) is 8.52. The van der Waals surface area contributed by atoms with Crippen LogP contribution in [0.25, 0.3) is 0 Å².